The van der Waals surface area contributed by atoms with Crippen molar-refractivity contribution in [2.45, 2.75) is 65.2 Å². The topological polar surface area (TPSA) is 53.1 Å². The minimum absolute atomic E-state index is 0.724. The van der Waals surface area contributed by atoms with Gasteiger partial charge in [-0.25, -0.2) is 4.98 Å². The van der Waals surface area contributed by atoms with E-state index < -0.39 is 0 Å². The molecule has 2 N–H and O–H groups in total. The van der Waals surface area contributed by atoms with Crippen LogP contribution in [0.2, 0.25) is 0 Å². The molecule has 1 aromatic heterocycles. The predicted octanol–water partition coefficient (Wildman–Crippen LogP) is 5.28. The number of hydrogen-bond donors (Lipinski definition) is 1. The van der Waals surface area contributed by atoms with Gasteiger partial charge in [0, 0.05) is 18.0 Å². The Hall–Kier alpha value is -1.97. The summed E-state index contributed by atoms with van der Waals surface area (Å²) < 4.78 is 7.98. The summed E-state index contributed by atoms with van der Waals surface area (Å²) in [5.74, 6) is 0.829. The fraction of sp³-hybridized carbons (Fsp3) is 0.550. The van der Waals surface area contributed by atoms with Gasteiger partial charge in [-0.1, -0.05) is 51.9 Å². The number of nitrogens with two attached hydrogens (primary N) is 1. The van der Waals surface area contributed by atoms with Crippen molar-refractivity contribution in [1.82, 2.24) is 9.55 Å². The van der Waals surface area contributed by atoms with E-state index in [0.29, 0.717) is 0 Å². The number of unbranched alkanes of at least 4 members (excludes halogenated alkanes) is 7. The van der Waals surface area contributed by atoms with E-state index in [9.17, 15) is 0 Å². The standard InChI is InChI=1S/C20H31N3O/c1-3-4-5-6-7-8-9-10-13-24-20-14-18(21)11-12-19(20)23-15-17(2)22-16-23/h11-12,14-16H,3-10,13,21H2,1-2H3. The molecule has 0 saturated carbocycles. The average molecular weight is 329 g/mol. The van der Waals surface area contributed by atoms with Crippen LogP contribution < -0.4 is 10.5 Å². The molecular weight excluding hydrogens is 298 g/mol. The molecule has 0 aliphatic carbocycles. The molecule has 132 valence electrons. The third kappa shape index (κ3) is 5.91. The molecule has 0 fully saturated rings. The fourth-order valence-corrected chi connectivity index (χ4v) is 2.83. The largest absolute Gasteiger partial charge is 0.491 e. The number of aryl methyl sites for hydroxylation is 1. The van der Waals surface area contributed by atoms with Gasteiger partial charge in [0.2, 0.25) is 0 Å². The predicted molar refractivity (Wildman–Crippen MR) is 101 cm³/mol. The monoisotopic (exact) mass is 329 g/mol. The lowest BCUT2D eigenvalue weighted by Crippen LogP contribution is -2.02. The molecule has 0 saturated heterocycles. The van der Waals surface area contributed by atoms with Gasteiger partial charge in [-0.15, -0.1) is 0 Å². The molecule has 24 heavy (non-hydrogen) atoms. The number of ether oxygens (including phenoxy) is 1. The van der Waals surface area contributed by atoms with Gasteiger partial charge in [0.05, 0.1) is 24.3 Å². The van der Waals surface area contributed by atoms with Crippen molar-refractivity contribution in [2.24, 2.45) is 0 Å². The Morgan fingerprint density at radius 3 is 2.42 bits per heavy atom. The van der Waals surface area contributed by atoms with E-state index in [1.165, 1.54) is 44.9 Å². The first-order valence-corrected chi connectivity index (χ1v) is 9.24. The summed E-state index contributed by atoms with van der Waals surface area (Å²) in [4.78, 5) is 4.28. The Kier molecular flexibility index (Phi) is 7.66. The molecule has 0 unspecified atom stereocenters. The lowest BCUT2D eigenvalue weighted by Gasteiger charge is -2.13. The second-order valence-electron chi connectivity index (χ2n) is 6.47. The zero-order valence-electron chi connectivity index (χ0n) is 15.1. The lowest BCUT2D eigenvalue weighted by atomic mass is 10.1. The summed E-state index contributed by atoms with van der Waals surface area (Å²) in [7, 11) is 0. The molecule has 2 rings (SSSR count). The molecule has 1 aromatic carbocycles. The van der Waals surface area contributed by atoms with Crippen molar-refractivity contribution in [3.8, 4) is 11.4 Å². The van der Waals surface area contributed by atoms with Crippen molar-refractivity contribution in [1.29, 1.82) is 0 Å². The Morgan fingerprint density at radius 1 is 1.04 bits per heavy atom. The molecule has 2 aromatic rings. The second kappa shape index (κ2) is 10.0. The van der Waals surface area contributed by atoms with E-state index in [1.807, 2.05) is 42.2 Å². The number of rotatable bonds is 11. The summed E-state index contributed by atoms with van der Waals surface area (Å²) in [6, 6.07) is 5.78. The van der Waals surface area contributed by atoms with Gasteiger partial charge in [-0.3, -0.25) is 0 Å². The number of anilines is 1. The van der Waals surface area contributed by atoms with Gasteiger partial charge < -0.3 is 15.0 Å². The van der Waals surface area contributed by atoms with Crippen LogP contribution in [0.15, 0.2) is 30.7 Å². The number of hydrogen-bond acceptors (Lipinski definition) is 3. The lowest BCUT2D eigenvalue weighted by molar-refractivity contribution is 0.303. The summed E-state index contributed by atoms with van der Waals surface area (Å²) in [6.07, 6.45) is 14.2. The Bertz CT molecular complexity index is 607. The van der Waals surface area contributed by atoms with E-state index in [2.05, 4.69) is 11.9 Å². The van der Waals surface area contributed by atoms with Gasteiger partial charge in [0.1, 0.15) is 5.75 Å². The Labute approximate surface area is 146 Å². The highest BCUT2D eigenvalue weighted by atomic mass is 16.5. The maximum atomic E-state index is 6.00. The van der Waals surface area contributed by atoms with E-state index in [0.717, 1.165) is 35.8 Å². The van der Waals surface area contributed by atoms with Gasteiger partial charge in [0.25, 0.3) is 0 Å². The van der Waals surface area contributed by atoms with E-state index in [4.69, 9.17) is 10.5 Å². The van der Waals surface area contributed by atoms with Gasteiger partial charge in [0.15, 0.2) is 0 Å². The number of nitrogen functional groups attached to an aromatic ring is 1. The summed E-state index contributed by atoms with van der Waals surface area (Å²) in [5.41, 5.74) is 8.62. The highest BCUT2D eigenvalue weighted by Crippen LogP contribution is 2.26. The zero-order chi connectivity index (χ0) is 17.2. The highest BCUT2D eigenvalue weighted by molar-refractivity contribution is 5.55. The van der Waals surface area contributed by atoms with E-state index in [-0.39, 0.29) is 0 Å². The van der Waals surface area contributed by atoms with Crippen LogP contribution in [0.4, 0.5) is 5.69 Å². The van der Waals surface area contributed by atoms with Gasteiger partial charge in [-0.05, 0) is 25.5 Å². The number of aromatic nitrogens is 2. The van der Waals surface area contributed by atoms with Crippen LogP contribution in [0.5, 0.6) is 5.75 Å². The van der Waals surface area contributed by atoms with Crippen molar-refractivity contribution in [2.75, 3.05) is 12.3 Å². The second-order valence-corrected chi connectivity index (χ2v) is 6.47. The fourth-order valence-electron chi connectivity index (χ4n) is 2.83. The zero-order valence-corrected chi connectivity index (χ0v) is 15.1. The van der Waals surface area contributed by atoms with Crippen LogP contribution in [-0.2, 0) is 0 Å². The van der Waals surface area contributed by atoms with Crippen molar-refractivity contribution < 1.29 is 4.74 Å². The van der Waals surface area contributed by atoms with E-state index >= 15 is 0 Å². The molecule has 0 bridgehead atoms. The molecular formula is C20H31N3O. The Balaban J connectivity index is 1.77. The first kappa shape index (κ1) is 18.4. The van der Waals surface area contributed by atoms with Crippen molar-refractivity contribution >= 4 is 5.69 Å². The molecule has 0 atom stereocenters. The van der Waals surface area contributed by atoms with Crippen LogP contribution in [0.1, 0.15) is 64.0 Å². The van der Waals surface area contributed by atoms with Gasteiger partial charge >= 0.3 is 0 Å². The molecule has 4 nitrogen and oxygen atoms in total. The molecule has 0 aliphatic rings. The Morgan fingerprint density at radius 2 is 1.75 bits per heavy atom. The van der Waals surface area contributed by atoms with Crippen LogP contribution in [0, 0.1) is 6.92 Å². The van der Waals surface area contributed by atoms with Crippen LogP contribution >= 0.6 is 0 Å². The van der Waals surface area contributed by atoms with Crippen LogP contribution in [-0.4, -0.2) is 16.2 Å². The van der Waals surface area contributed by atoms with Crippen molar-refractivity contribution in [3.05, 3.63) is 36.4 Å². The molecule has 0 spiro atoms. The van der Waals surface area contributed by atoms with Crippen LogP contribution in [0.25, 0.3) is 5.69 Å². The summed E-state index contributed by atoms with van der Waals surface area (Å²) >= 11 is 0. The number of imidazole rings is 1. The molecule has 4 heteroatoms. The third-order valence-electron chi connectivity index (χ3n) is 4.23. The minimum atomic E-state index is 0.724. The minimum Gasteiger partial charge on any atom is -0.491 e. The molecule has 0 amide bonds. The average Bonchev–Trinajstić information content (AvgIpc) is 2.99. The highest BCUT2D eigenvalue weighted by Gasteiger charge is 2.07. The maximum Gasteiger partial charge on any atom is 0.145 e. The smallest absolute Gasteiger partial charge is 0.145 e. The SMILES string of the molecule is CCCCCCCCCCOc1cc(N)ccc1-n1cnc(C)c1. The molecule has 0 radical (unpaired) electrons. The first-order chi connectivity index (χ1) is 11.7. The van der Waals surface area contributed by atoms with Crippen LogP contribution in [0.3, 0.4) is 0 Å². The third-order valence-corrected chi connectivity index (χ3v) is 4.23. The number of benzene rings is 1. The van der Waals surface area contributed by atoms with Crippen molar-refractivity contribution in [3.63, 3.8) is 0 Å². The first-order valence-electron chi connectivity index (χ1n) is 9.24. The normalized spacial score (nSPS) is 10.9. The molecule has 1 heterocycles. The quantitative estimate of drug-likeness (QED) is 0.450. The van der Waals surface area contributed by atoms with E-state index in [1.54, 1.807) is 0 Å². The summed E-state index contributed by atoms with van der Waals surface area (Å²) in [5, 5.41) is 0. The summed E-state index contributed by atoms with van der Waals surface area (Å²) in [6.45, 7) is 4.97. The number of nitrogens with zero attached hydrogens (tertiary/aromatic N) is 2. The maximum absolute atomic E-state index is 6.00. The molecule has 0 aliphatic heterocycles. The van der Waals surface area contributed by atoms with Gasteiger partial charge in [-0.2, -0.15) is 0 Å².